The SMILES string of the molecule is CO[C@H]1C=C2Cc3occ(C)c3C(=O)[C@@H]2[C@H](C)C1. The lowest BCUT2D eigenvalue weighted by Crippen LogP contribution is -2.36. The molecule has 3 rings (SSSR count). The quantitative estimate of drug-likeness (QED) is 0.715. The molecule has 1 aromatic heterocycles. The van der Waals surface area contributed by atoms with E-state index in [4.69, 9.17) is 9.15 Å². The topological polar surface area (TPSA) is 39.4 Å². The van der Waals surface area contributed by atoms with E-state index in [-0.39, 0.29) is 17.8 Å². The average molecular weight is 246 g/mol. The number of fused-ring (bicyclic) bond motifs is 2. The van der Waals surface area contributed by atoms with Crippen molar-refractivity contribution in [3.8, 4) is 0 Å². The lowest BCUT2D eigenvalue weighted by atomic mass is 9.70. The first kappa shape index (κ1) is 11.7. The highest BCUT2D eigenvalue weighted by Gasteiger charge is 2.40. The number of Topliss-reactive ketones (excluding diaryl/α,β-unsaturated/α-hetero) is 1. The van der Waals surface area contributed by atoms with E-state index in [0.717, 1.165) is 29.7 Å². The van der Waals surface area contributed by atoms with Gasteiger partial charge in [0.25, 0.3) is 0 Å². The standard InChI is InChI=1S/C15H18O3/c1-8-4-11(17-3)5-10-6-12-14(9(2)7-18-12)15(16)13(8)10/h5,7-8,11,13H,4,6H2,1-3H3/t8-,11-,13-/m1/s1. The maximum absolute atomic E-state index is 12.6. The number of carbonyl (C=O) groups is 1. The Morgan fingerprint density at radius 2 is 2.22 bits per heavy atom. The molecule has 0 bridgehead atoms. The fourth-order valence-corrected chi connectivity index (χ4v) is 3.34. The molecule has 0 amide bonds. The van der Waals surface area contributed by atoms with Gasteiger partial charge in [-0.3, -0.25) is 4.79 Å². The number of carbonyl (C=O) groups excluding carboxylic acids is 1. The minimum absolute atomic E-state index is 0.0280. The number of ketones is 1. The summed E-state index contributed by atoms with van der Waals surface area (Å²) in [5, 5.41) is 0. The van der Waals surface area contributed by atoms with Gasteiger partial charge in [-0.25, -0.2) is 0 Å². The summed E-state index contributed by atoms with van der Waals surface area (Å²) in [6.07, 6.45) is 5.62. The first-order chi connectivity index (χ1) is 8.61. The third kappa shape index (κ3) is 1.57. The fraction of sp³-hybridized carbons (Fsp3) is 0.533. The predicted octanol–water partition coefficient (Wildman–Crippen LogP) is 2.92. The number of ether oxygens (including phenoxy) is 1. The molecule has 0 aromatic carbocycles. The molecule has 3 heteroatoms. The summed E-state index contributed by atoms with van der Waals surface area (Å²) >= 11 is 0. The number of furan rings is 1. The molecule has 96 valence electrons. The van der Waals surface area contributed by atoms with Gasteiger partial charge in [-0.1, -0.05) is 18.6 Å². The smallest absolute Gasteiger partial charge is 0.174 e. The summed E-state index contributed by atoms with van der Waals surface area (Å²) in [5.74, 6) is 1.42. The molecule has 0 saturated carbocycles. The molecule has 2 aliphatic rings. The number of methoxy groups -OCH3 is 1. The van der Waals surface area contributed by atoms with E-state index in [1.807, 2.05) is 6.92 Å². The molecule has 1 aromatic rings. The highest BCUT2D eigenvalue weighted by atomic mass is 16.5. The van der Waals surface area contributed by atoms with Crippen LogP contribution in [0.2, 0.25) is 0 Å². The molecule has 0 saturated heterocycles. The van der Waals surface area contributed by atoms with E-state index in [0.29, 0.717) is 5.92 Å². The number of hydrogen-bond acceptors (Lipinski definition) is 3. The lowest BCUT2D eigenvalue weighted by molar-refractivity contribution is 0.0761. The van der Waals surface area contributed by atoms with Crippen LogP contribution in [0.15, 0.2) is 22.3 Å². The molecule has 2 aliphatic carbocycles. The van der Waals surface area contributed by atoms with Crippen LogP contribution in [-0.4, -0.2) is 19.0 Å². The predicted molar refractivity (Wildman–Crippen MR) is 67.6 cm³/mol. The van der Waals surface area contributed by atoms with Crippen molar-refractivity contribution in [2.45, 2.75) is 32.8 Å². The molecule has 0 radical (unpaired) electrons. The van der Waals surface area contributed by atoms with Gasteiger partial charge in [0.05, 0.1) is 17.9 Å². The summed E-state index contributed by atoms with van der Waals surface area (Å²) < 4.78 is 10.9. The van der Waals surface area contributed by atoms with E-state index < -0.39 is 0 Å². The van der Waals surface area contributed by atoms with Gasteiger partial charge >= 0.3 is 0 Å². The summed E-state index contributed by atoms with van der Waals surface area (Å²) in [4.78, 5) is 12.6. The molecule has 3 atom stereocenters. The third-order valence-corrected chi connectivity index (χ3v) is 4.22. The zero-order valence-electron chi connectivity index (χ0n) is 11.0. The van der Waals surface area contributed by atoms with Crippen LogP contribution in [0.5, 0.6) is 0 Å². The zero-order valence-corrected chi connectivity index (χ0v) is 11.0. The molecular formula is C15H18O3. The van der Waals surface area contributed by atoms with Crippen molar-refractivity contribution >= 4 is 5.78 Å². The Morgan fingerprint density at radius 3 is 2.94 bits per heavy atom. The van der Waals surface area contributed by atoms with Crippen LogP contribution in [0, 0.1) is 18.8 Å². The Kier molecular flexibility index (Phi) is 2.67. The van der Waals surface area contributed by atoms with Gasteiger partial charge in [-0.05, 0) is 24.8 Å². The first-order valence-electron chi connectivity index (χ1n) is 6.46. The Labute approximate surface area is 107 Å². The molecule has 18 heavy (non-hydrogen) atoms. The van der Waals surface area contributed by atoms with Crippen LogP contribution < -0.4 is 0 Å². The van der Waals surface area contributed by atoms with Crippen LogP contribution in [0.25, 0.3) is 0 Å². The Morgan fingerprint density at radius 1 is 1.44 bits per heavy atom. The minimum Gasteiger partial charge on any atom is -0.468 e. The second-order valence-corrected chi connectivity index (χ2v) is 5.46. The highest BCUT2D eigenvalue weighted by Crippen LogP contribution is 2.41. The molecule has 0 unspecified atom stereocenters. The molecular weight excluding hydrogens is 228 g/mol. The van der Waals surface area contributed by atoms with Crippen molar-refractivity contribution in [2.75, 3.05) is 7.11 Å². The molecule has 0 N–H and O–H groups in total. The van der Waals surface area contributed by atoms with Crippen molar-refractivity contribution in [3.05, 3.63) is 34.8 Å². The van der Waals surface area contributed by atoms with Gasteiger partial charge in [0.2, 0.25) is 0 Å². The maximum Gasteiger partial charge on any atom is 0.174 e. The van der Waals surface area contributed by atoms with Gasteiger partial charge in [0, 0.05) is 19.4 Å². The molecule has 0 aliphatic heterocycles. The average Bonchev–Trinajstić information content (AvgIpc) is 2.70. The van der Waals surface area contributed by atoms with Gasteiger partial charge in [-0.15, -0.1) is 0 Å². The Bertz CT molecular complexity index is 524. The van der Waals surface area contributed by atoms with Crippen molar-refractivity contribution in [1.82, 2.24) is 0 Å². The van der Waals surface area contributed by atoms with Crippen molar-refractivity contribution < 1.29 is 13.9 Å². The Hall–Kier alpha value is -1.35. The minimum atomic E-state index is 0.0280. The monoisotopic (exact) mass is 246 g/mol. The van der Waals surface area contributed by atoms with Gasteiger partial charge < -0.3 is 9.15 Å². The molecule has 3 nitrogen and oxygen atoms in total. The van der Waals surface area contributed by atoms with E-state index in [1.165, 1.54) is 5.57 Å². The number of rotatable bonds is 1. The third-order valence-electron chi connectivity index (χ3n) is 4.22. The molecule has 0 spiro atoms. The summed E-state index contributed by atoms with van der Waals surface area (Å²) in [7, 11) is 1.72. The maximum atomic E-state index is 12.6. The van der Waals surface area contributed by atoms with Crippen molar-refractivity contribution in [1.29, 1.82) is 0 Å². The number of allylic oxidation sites excluding steroid dienone is 1. The van der Waals surface area contributed by atoms with Gasteiger partial charge in [-0.2, -0.15) is 0 Å². The van der Waals surface area contributed by atoms with Crippen LogP contribution in [0.4, 0.5) is 0 Å². The molecule has 0 fully saturated rings. The van der Waals surface area contributed by atoms with Crippen molar-refractivity contribution in [3.63, 3.8) is 0 Å². The Balaban J connectivity index is 2.07. The fourth-order valence-electron chi connectivity index (χ4n) is 3.34. The largest absolute Gasteiger partial charge is 0.468 e. The summed E-state index contributed by atoms with van der Waals surface area (Å²) in [6.45, 7) is 4.09. The van der Waals surface area contributed by atoms with Crippen LogP contribution in [-0.2, 0) is 11.2 Å². The van der Waals surface area contributed by atoms with Gasteiger partial charge in [0.15, 0.2) is 5.78 Å². The normalized spacial score (nSPS) is 30.7. The van der Waals surface area contributed by atoms with Crippen LogP contribution in [0.3, 0.4) is 0 Å². The summed E-state index contributed by atoms with van der Waals surface area (Å²) in [6, 6.07) is 0. The first-order valence-corrected chi connectivity index (χ1v) is 6.46. The van der Waals surface area contributed by atoms with Gasteiger partial charge in [0.1, 0.15) is 5.76 Å². The second-order valence-electron chi connectivity index (χ2n) is 5.46. The number of aryl methyl sites for hydroxylation is 1. The van der Waals surface area contributed by atoms with Crippen LogP contribution in [0.1, 0.15) is 35.0 Å². The summed E-state index contributed by atoms with van der Waals surface area (Å²) in [5.41, 5.74) is 2.96. The van der Waals surface area contributed by atoms with E-state index in [1.54, 1.807) is 13.4 Å². The zero-order chi connectivity index (χ0) is 12.9. The van der Waals surface area contributed by atoms with E-state index >= 15 is 0 Å². The van der Waals surface area contributed by atoms with Crippen LogP contribution >= 0.6 is 0 Å². The van der Waals surface area contributed by atoms with E-state index in [2.05, 4.69) is 13.0 Å². The van der Waals surface area contributed by atoms with E-state index in [9.17, 15) is 4.79 Å². The molecule has 1 heterocycles. The highest BCUT2D eigenvalue weighted by molar-refractivity contribution is 6.03. The lowest BCUT2D eigenvalue weighted by Gasteiger charge is -2.35. The number of hydrogen-bond donors (Lipinski definition) is 0. The second kappa shape index (κ2) is 4.09. The van der Waals surface area contributed by atoms with Crippen molar-refractivity contribution in [2.24, 2.45) is 11.8 Å².